The Morgan fingerprint density at radius 3 is 2.66 bits per heavy atom. The van der Waals surface area contributed by atoms with Crippen LogP contribution in [0.3, 0.4) is 0 Å². The lowest BCUT2D eigenvalue weighted by Crippen LogP contribution is -2.58. The maximum absolute atomic E-state index is 13.3. The molecule has 1 aromatic rings. The Balaban J connectivity index is 1.37. The molecule has 1 N–H and O–H groups in total. The molecule has 1 aromatic heterocycles. The molecule has 8 unspecified atom stereocenters. The number of nitrogens with zero attached hydrogens (tertiary/aromatic N) is 4. The van der Waals surface area contributed by atoms with Gasteiger partial charge in [-0.15, -0.1) is 10.2 Å². The molecule has 0 amide bonds. The quantitative estimate of drug-likeness (QED) is 0.746. The van der Waals surface area contributed by atoms with Gasteiger partial charge >= 0.3 is 0 Å². The molecule has 0 bridgehead atoms. The molecule has 4 fully saturated rings. The molecule has 5 rings (SSSR count). The summed E-state index contributed by atoms with van der Waals surface area (Å²) in [5.74, 6) is 3.48. The van der Waals surface area contributed by atoms with E-state index in [1.807, 2.05) is 14.0 Å². The van der Waals surface area contributed by atoms with E-state index in [-0.39, 0.29) is 29.1 Å². The van der Waals surface area contributed by atoms with Gasteiger partial charge in [-0.1, -0.05) is 6.92 Å². The van der Waals surface area contributed by atoms with Crippen molar-refractivity contribution in [3.63, 3.8) is 0 Å². The summed E-state index contributed by atoms with van der Waals surface area (Å²) in [7, 11) is 1.85. The molecule has 4 saturated carbocycles. The normalized spacial score (nSPS) is 45.7. The largest absolute Gasteiger partial charge is 0.390 e. The fourth-order valence-electron chi connectivity index (χ4n) is 8.95. The summed E-state index contributed by atoms with van der Waals surface area (Å²) in [6, 6.07) is 0. The van der Waals surface area contributed by atoms with E-state index in [0.29, 0.717) is 29.5 Å². The van der Waals surface area contributed by atoms with Gasteiger partial charge in [0.05, 0.1) is 12.2 Å². The highest BCUT2D eigenvalue weighted by molar-refractivity contribution is 5.81. The second-order valence-corrected chi connectivity index (χ2v) is 12.0. The lowest BCUT2D eigenvalue weighted by Gasteiger charge is -2.62. The third-order valence-electron chi connectivity index (χ3n) is 10.3. The minimum Gasteiger partial charge on any atom is -0.390 e. The number of ketones is 1. The van der Waals surface area contributed by atoms with Gasteiger partial charge in [0.2, 0.25) is 0 Å². The molecular weight excluding hydrogens is 404 g/mol. The highest BCUT2D eigenvalue weighted by Gasteiger charge is 2.63. The number of carbonyl (C=O) groups excluding carboxylic acids is 1. The zero-order valence-corrected chi connectivity index (χ0v) is 20.2. The van der Waals surface area contributed by atoms with E-state index in [1.165, 1.54) is 24.1 Å². The molecule has 4 aliphatic rings. The Kier molecular flexibility index (Phi) is 5.52. The Morgan fingerprint density at radius 1 is 1.12 bits per heavy atom. The number of hydrogen-bond acceptors (Lipinski definition) is 6. The number of hydrogen-bond donors (Lipinski definition) is 1. The van der Waals surface area contributed by atoms with Gasteiger partial charge in [0.25, 0.3) is 0 Å². The second-order valence-electron chi connectivity index (χ2n) is 12.0. The fraction of sp³-hybridized carbons (Fsp3) is 0.920. The van der Waals surface area contributed by atoms with Crippen molar-refractivity contribution in [1.29, 1.82) is 0 Å². The number of aryl methyl sites for hydroxylation is 1. The van der Waals surface area contributed by atoms with E-state index in [2.05, 4.69) is 22.3 Å². The third-order valence-corrected chi connectivity index (χ3v) is 10.3. The van der Waals surface area contributed by atoms with Crippen molar-refractivity contribution < 1.29 is 14.6 Å². The van der Waals surface area contributed by atoms with Gasteiger partial charge in [0, 0.05) is 13.0 Å². The number of tetrazole rings is 1. The van der Waals surface area contributed by atoms with Crippen LogP contribution in [-0.4, -0.2) is 50.4 Å². The predicted molar refractivity (Wildman–Crippen MR) is 120 cm³/mol. The number of methoxy groups -OCH3 is 1. The maximum atomic E-state index is 13.3. The number of Topliss-reactive ketones (excluding diaryl/α,β-unsaturated/α-hetero) is 1. The first-order chi connectivity index (χ1) is 15.2. The van der Waals surface area contributed by atoms with E-state index in [9.17, 15) is 9.90 Å². The van der Waals surface area contributed by atoms with Crippen LogP contribution in [0.4, 0.5) is 0 Å². The summed E-state index contributed by atoms with van der Waals surface area (Å²) in [5.41, 5.74) is -0.253. The van der Waals surface area contributed by atoms with Crippen LogP contribution < -0.4 is 0 Å². The van der Waals surface area contributed by atoms with E-state index in [1.54, 1.807) is 6.92 Å². The second kappa shape index (κ2) is 7.86. The van der Waals surface area contributed by atoms with Gasteiger partial charge in [-0.25, -0.2) is 0 Å². The molecule has 178 valence electrons. The molecule has 8 atom stereocenters. The molecular formula is C25H40N4O3. The summed E-state index contributed by atoms with van der Waals surface area (Å²) in [6.45, 7) is 7.28. The number of rotatable bonds is 5. The molecule has 0 aliphatic heterocycles. The van der Waals surface area contributed by atoms with Gasteiger partial charge in [-0.2, -0.15) is 4.80 Å². The van der Waals surface area contributed by atoms with Crippen LogP contribution in [-0.2, 0) is 16.1 Å². The van der Waals surface area contributed by atoms with Gasteiger partial charge < -0.3 is 9.84 Å². The molecule has 0 radical (unpaired) electrons. The zero-order chi connectivity index (χ0) is 22.7. The molecule has 0 aromatic carbocycles. The average Bonchev–Trinajstić information content (AvgIpc) is 3.30. The maximum Gasteiger partial charge on any atom is 0.171 e. The van der Waals surface area contributed by atoms with E-state index in [0.717, 1.165) is 45.1 Å². The van der Waals surface area contributed by atoms with Crippen LogP contribution in [0, 0.1) is 47.3 Å². The molecule has 7 heteroatoms. The SMILES string of the molecule is COCC12CCC(C)(O)CC1CCC1C3CCC(C(=O)Cn4nnc(C)n4)C3(C)CCC12. The predicted octanol–water partition coefficient (Wildman–Crippen LogP) is 3.59. The highest BCUT2D eigenvalue weighted by atomic mass is 16.5. The lowest BCUT2D eigenvalue weighted by molar-refractivity contribution is -0.175. The van der Waals surface area contributed by atoms with Crippen LogP contribution in [0.2, 0.25) is 0 Å². The first kappa shape index (κ1) is 22.5. The molecule has 7 nitrogen and oxygen atoms in total. The van der Waals surface area contributed by atoms with E-state index in [4.69, 9.17) is 4.74 Å². The smallest absolute Gasteiger partial charge is 0.171 e. The van der Waals surface area contributed by atoms with E-state index >= 15 is 0 Å². The summed E-state index contributed by atoms with van der Waals surface area (Å²) in [6.07, 6.45) is 9.74. The molecule has 32 heavy (non-hydrogen) atoms. The van der Waals surface area contributed by atoms with Crippen LogP contribution >= 0.6 is 0 Å². The Hall–Kier alpha value is -1.34. The van der Waals surface area contributed by atoms with Crippen molar-refractivity contribution in [2.75, 3.05) is 13.7 Å². The topological polar surface area (TPSA) is 90.1 Å². The van der Waals surface area contributed by atoms with Crippen molar-refractivity contribution in [2.24, 2.45) is 40.4 Å². The van der Waals surface area contributed by atoms with Crippen LogP contribution in [0.5, 0.6) is 0 Å². The zero-order valence-electron chi connectivity index (χ0n) is 20.2. The highest BCUT2D eigenvalue weighted by Crippen LogP contribution is 2.68. The van der Waals surface area contributed by atoms with E-state index < -0.39 is 5.60 Å². The first-order valence-electron chi connectivity index (χ1n) is 12.7. The molecule has 1 heterocycles. The molecule has 0 saturated heterocycles. The molecule has 0 spiro atoms. The van der Waals surface area contributed by atoms with Gasteiger partial charge in [0.15, 0.2) is 11.6 Å². The summed E-state index contributed by atoms with van der Waals surface area (Å²) in [4.78, 5) is 14.8. The molecule has 4 aliphatic carbocycles. The third kappa shape index (κ3) is 3.46. The Bertz CT molecular complexity index is 869. The van der Waals surface area contributed by atoms with Crippen molar-refractivity contribution >= 4 is 5.78 Å². The fourth-order valence-corrected chi connectivity index (χ4v) is 8.95. The van der Waals surface area contributed by atoms with Crippen molar-refractivity contribution in [3.05, 3.63) is 5.82 Å². The monoisotopic (exact) mass is 444 g/mol. The number of ether oxygens (including phenoxy) is 1. The first-order valence-corrected chi connectivity index (χ1v) is 12.7. The number of fused-ring (bicyclic) bond motifs is 5. The Morgan fingerprint density at radius 2 is 1.94 bits per heavy atom. The number of carbonyl (C=O) groups is 1. The van der Waals surface area contributed by atoms with Gasteiger partial charge in [0.1, 0.15) is 6.54 Å². The number of aromatic nitrogens is 4. The van der Waals surface area contributed by atoms with Crippen molar-refractivity contribution in [3.8, 4) is 0 Å². The van der Waals surface area contributed by atoms with Crippen LogP contribution in [0.25, 0.3) is 0 Å². The van der Waals surface area contributed by atoms with Crippen molar-refractivity contribution in [2.45, 2.75) is 90.7 Å². The van der Waals surface area contributed by atoms with Gasteiger partial charge in [-0.3, -0.25) is 4.79 Å². The lowest BCUT2D eigenvalue weighted by atomic mass is 9.43. The van der Waals surface area contributed by atoms with Crippen molar-refractivity contribution in [1.82, 2.24) is 20.2 Å². The summed E-state index contributed by atoms with van der Waals surface area (Å²) in [5, 5.41) is 23.0. The van der Waals surface area contributed by atoms with Crippen LogP contribution in [0.1, 0.15) is 77.5 Å². The van der Waals surface area contributed by atoms with Gasteiger partial charge in [-0.05, 0) is 111 Å². The standard InChI is InChI=1S/C25H40N4O3/c1-16-26-28-29(27-16)14-22(30)21-8-7-19-18-6-5-17-13-23(2,31)11-12-25(17,15-32-4)20(18)9-10-24(19,21)3/h17-21,31H,5-15H2,1-4H3. The minimum absolute atomic E-state index is 0.0785. The minimum atomic E-state index is -0.531. The number of aliphatic hydroxyl groups is 1. The average molecular weight is 445 g/mol. The Labute approximate surface area is 191 Å². The summed E-state index contributed by atoms with van der Waals surface area (Å²) >= 11 is 0. The summed E-state index contributed by atoms with van der Waals surface area (Å²) < 4.78 is 5.86. The van der Waals surface area contributed by atoms with Crippen LogP contribution in [0.15, 0.2) is 0 Å².